The number of rotatable bonds is 2. The topological polar surface area (TPSA) is 105 Å². The first kappa shape index (κ1) is 12.0. The number of aromatic carboxylic acids is 1. The minimum absolute atomic E-state index is 0.0583. The van der Waals surface area contributed by atoms with Crippen LogP contribution >= 0.6 is 11.6 Å². The molecule has 0 aliphatic carbocycles. The van der Waals surface area contributed by atoms with E-state index < -0.39 is 5.97 Å². The highest BCUT2D eigenvalue weighted by Crippen LogP contribution is 2.21. The highest BCUT2D eigenvalue weighted by atomic mass is 35.5. The molecule has 3 N–H and O–H groups in total. The molecule has 0 radical (unpaired) electrons. The average molecular weight is 263 g/mol. The predicted octanol–water partition coefficient (Wildman–Crippen LogP) is 1.68. The van der Waals surface area contributed by atoms with Crippen LogP contribution in [-0.4, -0.2) is 20.9 Å². The number of nitriles is 1. The summed E-state index contributed by atoms with van der Waals surface area (Å²) in [6, 6.07) is 6.56. The van der Waals surface area contributed by atoms with Gasteiger partial charge in [-0.25, -0.2) is 9.48 Å². The molecule has 0 bridgehead atoms. The number of nitrogen functional groups attached to an aromatic ring is 1. The van der Waals surface area contributed by atoms with Crippen LogP contribution in [0.5, 0.6) is 0 Å². The van der Waals surface area contributed by atoms with Crippen LogP contribution in [0.4, 0.5) is 5.69 Å². The minimum atomic E-state index is -1.20. The number of halogens is 1. The molecule has 7 heteroatoms. The van der Waals surface area contributed by atoms with Crippen molar-refractivity contribution >= 4 is 23.3 Å². The van der Waals surface area contributed by atoms with E-state index in [0.717, 1.165) is 0 Å². The fourth-order valence-electron chi connectivity index (χ4n) is 1.42. The van der Waals surface area contributed by atoms with E-state index in [1.807, 2.05) is 6.07 Å². The number of carbonyl (C=O) groups is 1. The second kappa shape index (κ2) is 4.39. The highest BCUT2D eigenvalue weighted by Gasteiger charge is 2.14. The third kappa shape index (κ3) is 1.99. The zero-order chi connectivity index (χ0) is 13.3. The largest absolute Gasteiger partial charge is 0.476 e. The average Bonchev–Trinajstić information content (AvgIpc) is 2.71. The van der Waals surface area contributed by atoms with Gasteiger partial charge in [-0.1, -0.05) is 11.6 Å². The molecule has 1 aromatic carbocycles. The van der Waals surface area contributed by atoms with Gasteiger partial charge in [0, 0.05) is 0 Å². The molecule has 0 atom stereocenters. The number of hydrogen-bond donors (Lipinski definition) is 2. The summed E-state index contributed by atoms with van der Waals surface area (Å²) in [5.41, 5.74) is 6.21. The maximum atomic E-state index is 10.8. The lowest BCUT2D eigenvalue weighted by Crippen LogP contribution is -2.02. The van der Waals surface area contributed by atoms with Gasteiger partial charge in [0.25, 0.3) is 0 Å². The number of anilines is 1. The lowest BCUT2D eigenvalue weighted by atomic mass is 10.2. The molecule has 0 fully saturated rings. The molecule has 2 rings (SSSR count). The first-order valence-corrected chi connectivity index (χ1v) is 5.19. The van der Waals surface area contributed by atoms with Crippen molar-refractivity contribution in [3.63, 3.8) is 0 Å². The quantitative estimate of drug-likeness (QED) is 0.856. The number of nitrogens with zero attached hydrogens (tertiary/aromatic N) is 3. The molecule has 6 nitrogen and oxygen atoms in total. The van der Waals surface area contributed by atoms with Gasteiger partial charge >= 0.3 is 5.97 Å². The molecular formula is C11H7ClN4O2. The highest BCUT2D eigenvalue weighted by molar-refractivity contribution is 6.31. The van der Waals surface area contributed by atoms with Gasteiger partial charge in [0.1, 0.15) is 6.07 Å². The molecule has 1 heterocycles. The lowest BCUT2D eigenvalue weighted by molar-refractivity contribution is 0.0691. The Labute approximate surface area is 107 Å². The maximum absolute atomic E-state index is 10.8. The summed E-state index contributed by atoms with van der Waals surface area (Å²) in [5.74, 6) is -1.20. The van der Waals surface area contributed by atoms with Gasteiger partial charge in [0.15, 0.2) is 5.69 Å². The molecule has 0 aliphatic heterocycles. The summed E-state index contributed by atoms with van der Waals surface area (Å²) < 4.78 is 1.30. The predicted molar refractivity (Wildman–Crippen MR) is 64.7 cm³/mol. The molecular weight excluding hydrogens is 256 g/mol. The Hall–Kier alpha value is -2.52. The second-order valence-electron chi connectivity index (χ2n) is 3.46. The lowest BCUT2D eigenvalue weighted by Gasteiger charge is -2.02. The summed E-state index contributed by atoms with van der Waals surface area (Å²) in [4.78, 5) is 10.8. The number of nitrogens with two attached hydrogens (primary N) is 1. The van der Waals surface area contributed by atoms with Gasteiger partial charge in [-0.05, 0) is 18.2 Å². The fraction of sp³-hybridized carbons (Fsp3) is 0. The van der Waals surface area contributed by atoms with Crippen LogP contribution < -0.4 is 5.73 Å². The van der Waals surface area contributed by atoms with E-state index in [1.54, 1.807) is 6.07 Å². The Morgan fingerprint density at radius 3 is 2.78 bits per heavy atom. The van der Waals surface area contributed by atoms with Gasteiger partial charge in [-0.3, -0.25) is 0 Å². The molecule has 0 aliphatic rings. The first-order chi connectivity index (χ1) is 8.52. The Balaban J connectivity index is 2.50. The van der Waals surface area contributed by atoms with Gasteiger partial charge < -0.3 is 10.8 Å². The van der Waals surface area contributed by atoms with E-state index in [-0.39, 0.29) is 16.4 Å². The van der Waals surface area contributed by atoms with Crippen LogP contribution in [0.3, 0.4) is 0 Å². The van der Waals surface area contributed by atoms with Crippen LogP contribution in [0.1, 0.15) is 16.1 Å². The number of carboxylic acids is 1. The molecule has 90 valence electrons. The molecule has 0 spiro atoms. The molecule has 0 unspecified atom stereocenters. The van der Waals surface area contributed by atoms with Gasteiger partial charge in [0.2, 0.25) is 0 Å². The SMILES string of the molecule is N#Cc1ccc(-n2cc(N)c(C(=O)O)n2)cc1Cl. The van der Waals surface area contributed by atoms with Crippen molar-refractivity contribution < 1.29 is 9.90 Å². The molecule has 1 aromatic heterocycles. The van der Waals surface area contributed by atoms with E-state index in [4.69, 9.17) is 27.7 Å². The van der Waals surface area contributed by atoms with Crippen LogP contribution in [0.15, 0.2) is 24.4 Å². The third-order valence-corrected chi connectivity index (χ3v) is 2.60. The number of aromatic nitrogens is 2. The first-order valence-electron chi connectivity index (χ1n) is 4.81. The minimum Gasteiger partial charge on any atom is -0.476 e. The summed E-state index contributed by atoms with van der Waals surface area (Å²) >= 11 is 5.88. The van der Waals surface area contributed by atoms with Crippen LogP contribution in [0, 0.1) is 11.3 Å². The Morgan fingerprint density at radius 2 is 2.28 bits per heavy atom. The van der Waals surface area contributed by atoms with E-state index in [2.05, 4.69) is 5.10 Å². The molecule has 18 heavy (non-hydrogen) atoms. The van der Waals surface area contributed by atoms with Gasteiger partial charge in [-0.2, -0.15) is 10.4 Å². The van der Waals surface area contributed by atoms with Crippen LogP contribution in [0.25, 0.3) is 5.69 Å². The Bertz CT molecular complexity index is 672. The summed E-state index contributed by atoms with van der Waals surface area (Å²) in [7, 11) is 0. The maximum Gasteiger partial charge on any atom is 0.358 e. The Kier molecular flexibility index (Phi) is 2.92. The fourth-order valence-corrected chi connectivity index (χ4v) is 1.64. The zero-order valence-electron chi connectivity index (χ0n) is 8.96. The zero-order valence-corrected chi connectivity index (χ0v) is 9.72. The monoisotopic (exact) mass is 262 g/mol. The normalized spacial score (nSPS) is 10.0. The smallest absolute Gasteiger partial charge is 0.358 e. The third-order valence-electron chi connectivity index (χ3n) is 2.28. The Morgan fingerprint density at radius 1 is 1.56 bits per heavy atom. The van der Waals surface area contributed by atoms with Crippen molar-refractivity contribution in [3.8, 4) is 11.8 Å². The van der Waals surface area contributed by atoms with E-state index in [9.17, 15) is 4.79 Å². The van der Waals surface area contributed by atoms with E-state index in [0.29, 0.717) is 11.3 Å². The van der Waals surface area contributed by atoms with Gasteiger partial charge in [0.05, 0.1) is 28.2 Å². The van der Waals surface area contributed by atoms with E-state index >= 15 is 0 Å². The standard InChI is InChI=1S/C11H7ClN4O2/c12-8-3-7(2-1-6(8)4-13)16-5-9(14)10(15-16)11(17)18/h1-3,5H,14H2,(H,17,18). The van der Waals surface area contributed by atoms with Crippen molar-refractivity contribution in [2.45, 2.75) is 0 Å². The van der Waals surface area contributed by atoms with Crippen LogP contribution in [0.2, 0.25) is 5.02 Å². The molecule has 2 aromatic rings. The summed E-state index contributed by atoms with van der Waals surface area (Å²) in [6.45, 7) is 0. The summed E-state index contributed by atoms with van der Waals surface area (Å²) in [5, 5.41) is 21.7. The number of hydrogen-bond acceptors (Lipinski definition) is 4. The van der Waals surface area contributed by atoms with Crippen LogP contribution in [-0.2, 0) is 0 Å². The van der Waals surface area contributed by atoms with Crippen molar-refractivity contribution in [1.82, 2.24) is 9.78 Å². The second-order valence-corrected chi connectivity index (χ2v) is 3.87. The van der Waals surface area contributed by atoms with Crippen molar-refractivity contribution in [2.24, 2.45) is 0 Å². The van der Waals surface area contributed by atoms with E-state index in [1.165, 1.54) is 23.0 Å². The molecule has 0 saturated heterocycles. The van der Waals surface area contributed by atoms with Crippen molar-refractivity contribution in [2.75, 3.05) is 5.73 Å². The molecule has 0 saturated carbocycles. The molecule has 0 amide bonds. The number of carboxylic acid groups (broad SMARTS) is 1. The summed E-state index contributed by atoms with van der Waals surface area (Å²) in [6.07, 6.45) is 1.38. The van der Waals surface area contributed by atoms with Crippen molar-refractivity contribution in [3.05, 3.63) is 40.7 Å². The number of benzene rings is 1. The van der Waals surface area contributed by atoms with Gasteiger partial charge in [-0.15, -0.1) is 0 Å². The van der Waals surface area contributed by atoms with Crippen molar-refractivity contribution in [1.29, 1.82) is 5.26 Å².